The molecule has 0 saturated carbocycles. The van der Waals surface area contributed by atoms with E-state index in [1.807, 2.05) is 13.8 Å². The quantitative estimate of drug-likeness (QED) is 0.384. The molecule has 0 fully saturated rings. The van der Waals surface area contributed by atoms with Crippen molar-refractivity contribution in [1.29, 1.82) is 0 Å². The number of rotatable bonds is 12. The van der Waals surface area contributed by atoms with Gasteiger partial charge in [0.2, 0.25) is 0 Å². The molecule has 34 heavy (non-hydrogen) atoms. The summed E-state index contributed by atoms with van der Waals surface area (Å²) in [5.74, 6) is -0.705. The van der Waals surface area contributed by atoms with E-state index in [9.17, 15) is 14.7 Å². The first-order chi connectivity index (χ1) is 16.1. The Bertz CT molecular complexity index is 893. The molecule has 0 amide bonds. The van der Waals surface area contributed by atoms with Crippen LogP contribution in [0.2, 0.25) is 15.1 Å². The molecule has 2 rings (SSSR count). The van der Waals surface area contributed by atoms with Crippen molar-refractivity contribution in [2.45, 2.75) is 20.0 Å². The maximum atomic E-state index is 11.5. The molecule has 0 aliphatic rings. The van der Waals surface area contributed by atoms with Crippen molar-refractivity contribution in [2.24, 2.45) is 0 Å². The van der Waals surface area contributed by atoms with Crippen LogP contribution in [0.3, 0.4) is 0 Å². The molecular formula is C23H28Cl3NO7. The second kappa shape index (κ2) is 16.4. The summed E-state index contributed by atoms with van der Waals surface area (Å²) in [5, 5.41) is 19.5. The van der Waals surface area contributed by atoms with E-state index < -0.39 is 24.6 Å². The zero-order chi connectivity index (χ0) is 25.5. The van der Waals surface area contributed by atoms with Gasteiger partial charge in [-0.3, -0.25) is 0 Å². The van der Waals surface area contributed by atoms with Crippen LogP contribution in [0.15, 0.2) is 42.5 Å². The average Bonchev–Trinajstić information content (AvgIpc) is 2.80. The van der Waals surface area contributed by atoms with Gasteiger partial charge in [0.1, 0.15) is 24.2 Å². The number of benzene rings is 2. The van der Waals surface area contributed by atoms with Gasteiger partial charge in [-0.05, 0) is 55.6 Å². The average molecular weight is 537 g/mol. The van der Waals surface area contributed by atoms with Crippen LogP contribution in [0.25, 0.3) is 0 Å². The molecule has 0 spiro atoms. The number of halogens is 3. The van der Waals surface area contributed by atoms with Crippen LogP contribution in [0.1, 0.15) is 13.8 Å². The maximum absolute atomic E-state index is 11.5. The van der Waals surface area contributed by atoms with Gasteiger partial charge in [0.15, 0.2) is 13.2 Å². The highest BCUT2D eigenvalue weighted by molar-refractivity contribution is 6.35. The van der Waals surface area contributed by atoms with E-state index in [0.717, 1.165) is 13.1 Å². The lowest BCUT2D eigenvalue weighted by Crippen LogP contribution is -2.35. The van der Waals surface area contributed by atoms with E-state index >= 15 is 0 Å². The molecule has 0 saturated heterocycles. The standard InChI is InChI=1S/C15H22ClNO4.C8H6Cl2O3/c1-3-17(4-2)9-13(18)10-21-15(19)11-20-14-7-5-12(16)6-8-14;9-5-1-2-7(6(10)3-5)13-4-8(11)12/h5-8,13,18H,3-4,9-11H2,1-2H3;1-3H,4H2,(H,11,12). The molecule has 0 radical (unpaired) electrons. The largest absolute Gasteiger partial charge is 0.482 e. The minimum atomic E-state index is -1.05. The number of aliphatic carboxylic acids is 1. The molecule has 2 N–H and O–H groups in total. The summed E-state index contributed by atoms with van der Waals surface area (Å²) >= 11 is 17.1. The normalized spacial score (nSPS) is 11.3. The number of carbonyl (C=O) groups is 2. The van der Waals surface area contributed by atoms with Crippen LogP contribution in [0, 0.1) is 0 Å². The highest BCUT2D eigenvalue weighted by Crippen LogP contribution is 2.27. The summed E-state index contributed by atoms with van der Waals surface area (Å²) in [6.45, 7) is 5.57. The number of nitrogens with zero attached hydrogens (tertiary/aromatic N) is 1. The van der Waals surface area contributed by atoms with Crippen molar-refractivity contribution in [3.63, 3.8) is 0 Å². The fraction of sp³-hybridized carbons (Fsp3) is 0.391. The second-order valence-corrected chi connectivity index (χ2v) is 8.10. The van der Waals surface area contributed by atoms with Crippen molar-refractivity contribution in [1.82, 2.24) is 4.90 Å². The highest BCUT2D eigenvalue weighted by Gasteiger charge is 2.12. The van der Waals surface area contributed by atoms with Gasteiger partial charge in [-0.25, -0.2) is 9.59 Å². The lowest BCUT2D eigenvalue weighted by atomic mass is 10.3. The molecule has 0 bridgehead atoms. The summed E-state index contributed by atoms with van der Waals surface area (Å²) in [7, 11) is 0. The number of aliphatic hydroxyl groups is 1. The van der Waals surface area contributed by atoms with Gasteiger partial charge < -0.3 is 29.3 Å². The summed E-state index contributed by atoms with van der Waals surface area (Å²) in [4.78, 5) is 23.7. The first kappa shape index (κ1) is 29.8. The number of carbonyl (C=O) groups excluding carboxylic acids is 1. The first-order valence-electron chi connectivity index (χ1n) is 10.4. The second-order valence-electron chi connectivity index (χ2n) is 6.82. The molecule has 0 aliphatic carbocycles. The van der Waals surface area contributed by atoms with Crippen LogP contribution >= 0.6 is 34.8 Å². The number of carboxylic acid groups (broad SMARTS) is 1. The third-order valence-electron chi connectivity index (χ3n) is 4.22. The van der Waals surface area contributed by atoms with Crippen LogP contribution < -0.4 is 9.47 Å². The van der Waals surface area contributed by atoms with Crippen molar-refractivity contribution < 1.29 is 34.0 Å². The third-order valence-corrected chi connectivity index (χ3v) is 5.00. The Morgan fingerprint density at radius 1 is 0.941 bits per heavy atom. The van der Waals surface area contributed by atoms with E-state index in [0.29, 0.717) is 33.1 Å². The molecule has 11 heteroatoms. The predicted octanol–water partition coefficient (Wildman–Crippen LogP) is 4.42. The number of ether oxygens (including phenoxy) is 3. The molecule has 2 aromatic carbocycles. The Balaban J connectivity index is 0.000000380. The molecule has 1 atom stereocenters. The summed E-state index contributed by atoms with van der Waals surface area (Å²) < 4.78 is 15.1. The van der Waals surface area contributed by atoms with Crippen LogP contribution in [0.4, 0.5) is 0 Å². The fourth-order valence-corrected chi connectivity index (χ4v) is 3.06. The summed E-state index contributed by atoms with van der Waals surface area (Å²) in [6.07, 6.45) is -0.690. The highest BCUT2D eigenvalue weighted by atomic mass is 35.5. The van der Waals surface area contributed by atoms with Crippen molar-refractivity contribution in [3.8, 4) is 11.5 Å². The van der Waals surface area contributed by atoms with Gasteiger partial charge in [-0.2, -0.15) is 0 Å². The molecular weight excluding hydrogens is 509 g/mol. The zero-order valence-corrected chi connectivity index (χ0v) is 21.1. The Morgan fingerprint density at radius 3 is 2.12 bits per heavy atom. The van der Waals surface area contributed by atoms with Crippen LogP contribution in [0.5, 0.6) is 11.5 Å². The molecule has 0 aromatic heterocycles. The number of esters is 1. The van der Waals surface area contributed by atoms with E-state index in [1.165, 1.54) is 12.1 Å². The number of carboxylic acids is 1. The van der Waals surface area contributed by atoms with E-state index in [1.54, 1.807) is 30.3 Å². The lowest BCUT2D eigenvalue weighted by molar-refractivity contribution is -0.149. The lowest BCUT2D eigenvalue weighted by Gasteiger charge is -2.21. The maximum Gasteiger partial charge on any atom is 0.344 e. The van der Waals surface area contributed by atoms with Crippen LogP contribution in [-0.4, -0.2) is 72.6 Å². The van der Waals surface area contributed by atoms with Gasteiger partial charge in [-0.1, -0.05) is 48.7 Å². The third kappa shape index (κ3) is 12.9. The first-order valence-corrected chi connectivity index (χ1v) is 11.5. The molecule has 8 nitrogen and oxygen atoms in total. The van der Waals surface area contributed by atoms with Gasteiger partial charge in [0.25, 0.3) is 0 Å². The SMILES string of the molecule is CCN(CC)CC(O)COC(=O)COc1ccc(Cl)cc1.O=C(O)COc1ccc(Cl)cc1Cl. The Morgan fingerprint density at radius 2 is 1.56 bits per heavy atom. The number of likely N-dealkylation sites (N-methyl/N-ethyl adjacent to an activating group) is 1. The minimum absolute atomic E-state index is 0.0285. The topological polar surface area (TPSA) is 106 Å². The summed E-state index contributed by atoms with van der Waals surface area (Å²) in [5.41, 5.74) is 0. The monoisotopic (exact) mass is 535 g/mol. The smallest absolute Gasteiger partial charge is 0.344 e. The molecule has 0 aliphatic heterocycles. The molecule has 1 unspecified atom stereocenters. The molecule has 188 valence electrons. The van der Waals surface area contributed by atoms with Gasteiger partial charge >= 0.3 is 11.9 Å². The van der Waals surface area contributed by atoms with Crippen molar-refractivity contribution in [3.05, 3.63) is 57.5 Å². The number of hydrogen-bond acceptors (Lipinski definition) is 7. The van der Waals surface area contributed by atoms with Gasteiger partial charge in [0.05, 0.1) is 5.02 Å². The van der Waals surface area contributed by atoms with Crippen molar-refractivity contribution >= 4 is 46.7 Å². The Kier molecular flexibility index (Phi) is 14.4. The van der Waals surface area contributed by atoms with Gasteiger partial charge in [0, 0.05) is 16.6 Å². The van der Waals surface area contributed by atoms with Crippen LogP contribution in [-0.2, 0) is 14.3 Å². The Hall–Kier alpha value is -2.23. The fourth-order valence-electron chi connectivity index (χ4n) is 2.47. The van der Waals surface area contributed by atoms with E-state index in [-0.39, 0.29) is 13.2 Å². The number of hydrogen-bond donors (Lipinski definition) is 2. The summed E-state index contributed by atoms with van der Waals surface area (Å²) in [6, 6.07) is 11.3. The predicted molar refractivity (Wildman–Crippen MR) is 131 cm³/mol. The van der Waals surface area contributed by atoms with Gasteiger partial charge in [-0.15, -0.1) is 0 Å². The molecule has 2 aromatic rings. The number of aliphatic hydroxyl groups excluding tert-OH is 1. The minimum Gasteiger partial charge on any atom is -0.482 e. The van der Waals surface area contributed by atoms with Crippen molar-refractivity contribution in [2.75, 3.05) is 39.5 Å². The Labute approximate surface area is 213 Å². The zero-order valence-electron chi connectivity index (χ0n) is 18.9. The van der Waals surface area contributed by atoms with E-state index in [2.05, 4.69) is 4.90 Å². The van der Waals surface area contributed by atoms with E-state index in [4.69, 9.17) is 54.1 Å². The molecule has 0 heterocycles.